The Hall–Kier alpha value is -4.18. The van der Waals surface area contributed by atoms with Gasteiger partial charge in [0, 0.05) is 18.3 Å². The molecule has 1 saturated carbocycles. The summed E-state index contributed by atoms with van der Waals surface area (Å²) < 4.78 is 10.3. The Balaban J connectivity index is 1.58. The molecule has 3 heterocycles. The number of aliphatic hydroxyl groups excluding tert-OH is 1. The zero-order valence-corrected chi connectivity index (χ0v) is 23.2. The van der Waals surface area contributed by atoms with Crippen molar-refractivity contribution < 1.29 is 29.0 Å². The van der Waals surface area contributed by atoms with Crippen molar-refractivity contribution in [2.24, 2.45) is 4.99 Å². The van der Waals surface area contributed by atoms with Crippen molar-refractivity contribution in [2.45, 2.75) is 62.2 Å². The Morgan fingerprint density at radius 1 is 1.00 bits per heavy atom. The zero-order chi connectivity index (χ0) is 28.7. The molecule has 10 nitrogen and oxygen atoms in total. The average Bonchev–Trinajstić information content (AvgIpc) is 3.70. The predicted molar refractivity (Wildman–Crippen MR) is 151 cm³/mol. The molecule has 214 valence electrons. The second-order valence-electron chi connectivity index (χ2n) is 11.0. The number of urea groups is 1. The summed E-state index contributed by atoms with van der Waals surface area (Å²) in [6.07, 6.45) is 4.16. The van der Waals surface area contributed by atoms with Crippen LogP contribution in [0, 0.1) is 0 Å². The largest absolute Gasteiger partial charge is 0.466 e. The van der Waals surface area contributed by atoms with Crippen molar-refractivity contribution in [1.29, 1.82) is 0 Å². The van der Waals surface area contributed by atoms with Gasteiger partial charge in [0.2, 0.25) is 0 Å². The van der Waals surface area contributed by atoms with Crippen LogP contribution in [0.5, 0.6) is 0 Å². The first-order valence-corrected chi connectivity index (χ1v) is 14.0. The number of nitrogens with zero attached hydrogens (tertiary/aromatic N) is 3. The number of aliphatic hydroxyl groups is 1. The smallest absolute Gasteiger partial charge is 0.357 e. The van der Waals surface area contributed by atoms with E-state index in [2.05, 4.69) is 10.2 Å². The normalized spacial score (nSPS) is 24.9. The first-order chi connectivity index (χ1) is 19.9. The first-order valence-electron chi connectivity index (χ1n) is 14.0. The minimum absolute atomic E-state index is 0.0325. The maximum atomic E-state index is 13.9. The fraction of sp³-hybridized carbons (Fsp3) is 0.419. The number of hydrogen-bond donors (Lipinski definition) is 2. The number of fused-ring (bicyclic) bond motifs is 1. The molecule has 2 amide bonds. The van der Waals surface area contributed by atoms with Gasteiger partial charge >= 0.3 is 18.0 Å². The van der Waals surface area contributed by atoms with Crippen LogP contribution in [0.1, 0.15) is 43.2 Å². The second-order valence-corrected chi connectivity index (χ2v) is 11.0. The lowest BCUT2D eigenvalue weighted by Gasteiger charge is -2.40. The predicted octanol–water partition coefficient (Wildman–Crippen LogP) is 3.04. The minimum Gasteiger partial charge on any atom is -0.466 e. The lowest BCUT2D eigenvalue weighted by molar-refractivity contribution is -0.139. The summed E-state index contributed by atoms with van der Waals surface area (Å²) in [7, 11) is 2.50. The molecule has 4 aliphatic rings. The van der Waals surface area contributed by atoms with Crippen LogP contribution in [-0.4, -0.2) is 72.8 Å². The third-order valence-corrected chi connectivity index (χ3v) is 8.86. The molecule has 3 aliphatic heterocycles. The molecule has 6 rings (SSSR count). The number of amides is 2. The lowest BCUT2D eigenvalue weighted by Crippen LogP contribution is -2.57. The van der Waals surface area contributed by atoms with Gasteiger partial charge in [0.15, 0.2) is 5.70 Å². The number of amidine groups is 1. The highest BCUT2D eigenvalue weighted by Crippen LogP contribution is 2.58. The van der Waals surface area contributed by atoms with Crippen LogP contribution in [0.3, 0.4) is 0 Å². The summed E-state index contributed by atoms with van der Waals surface area (Å²) in [5.74, 6) is -1.17. The van der Waals surface area contributed by atoms with Crippen molar-refractivity contribution in [3.05, 3.63) is 77.0 Å². The van der Waals surface area contributed by atoms with E-state index in [9.17, 15) is 19.5 Å². The van der Waals surface area contributed by atoms with Gasteiger partial charge in [-0.15, -0.1) is 0 Å². The summed E-state index contributed by atoms with van der Waals surface area (Å²) in [6.45, 7) is 0.109. The Bertz CT molecular complexity index is 1430. The van der Waals surface area contributed by atoms with Crippen molar-refractivity contribution in [1.82, 2.24) is 10.2 Å². The van der Waals surface area contributed by atoms with Crippen molar-refractivity contribution in [3.8, 4) is 0 Å². The number of rotatable bonds is 6. The molecule has 10 heteroatoms. The van der Waals surface area contributed by atoms with Crippen molar-refractivity contribution >= 4 is 29.5 Å². The topological polar surface area (TPSA) is 121 Å². The number of hydrogen-bond acceptors (Lipinski definition) is 8. The summed E-state index contributed by atoms with van der Waals surface area (Å²) in [4.78, 5) is 49.0. The molecule has 0 bridgehead atoms. The SMILES string of the molecule is COC(=O)C1=C(C(=O)OC)[C@@H]2N(Cc3ccccc3)c3ccccc3[C@@]23C[C@@H](CO)N(C(=O)NC2CCCC2)C3=N1. The molecule has 2 fully saturated rings. The number of ether oxygens (including phenoxy) is 2. The van der Waals surface area contributed by atoms with E-state index in [0.717, 1.165) is 42.5 Å². The standard InChI is InChI=1S/C31H34N4O6/c1-40-27(37)24-25(28(38)41-2)33-29-31(16-21(18-36)35(29)30(39)32-20-12-6-7-13-20)22-14-8-9-15-23(22)34(26(24)31)17-19-10-4-3-5-11-19/h3-5,8-11,14-15,20-21,26,36H,6-7,12-13,16-18H2,1-2H3,(H,32,39)/t21-,26-,31-/m0/s1. The van der Waals surface area contributed by atoms with Crippen molar-refractivity contribution in [3.63, 3.8) is 0 Å². The van der Waals surface area contributed by atoms with E-state index in [4.69, 9.17) is 14.5 Å². The van der Waals surface area contributed by atoms with Crippen LogP contribution in [-0.2, 0) is 31.0 Å². The third kappa shape index (κ3) is 4.20. The van der Waals surface area contributed by atoms with E-state index in [-0.39, 0.29) is 29.9 Å². The number of carbonyl (C=O) groups excluding carboxylic acids is 3. The Morgan fingerprint density at radius 3 is 2.37 bits per heavy atom. The fourth-order valence-corrected chi connectivity index (χ4v) is 7.16. The molecule has 0 radical (unpaired) electrons. The highest BCUT2D eigenvalue weighted by Gasteiger charge is 2.66. The number of anilines is 1. The Morgan fingerprint density at radius 2 is 1.68 bits per heavy atom. The van der Waals surface area contributed by atoms with Crippen LogP contribution in [0.2, 0.25) is 0 Å². The molecule has 2 aromatic carbocycles. The quantitative estimate of drug-likeness (QED) is 0.523. The summed E-state index contributed by atoms with van der Waals surface area (Å²) >= 11 is 0. The second kappa shape index (κ2) is 10.7. The highest BCUT2D eigenvalue weighted by molar-refractivity contribution is 6.15. The molecule has 1 saturated heterocycles. The number of esters is 2. The van der Waals surface area contributed by atoms with Crippen molar-refractivity contribution in [2.75, 3.05) is 25.7 Å². The summed E-state index contributed by atoms with van der Waals surface area (Å²) in [5.41, 5.74) is 1.60. The fourth-order valence-electron chi connectivity index (χ4n) is 7.16. The molecule has 2 aromatic rings. The van der Waals surface area contributed by atoms with Gasteiger partial charge in [-0.2, -0.15) is 0 Å². The van der Waals surface area contributed by atoms with Gasteiger partial charge < -0.3 is 24.8 Å². The molecule has 3 atom stereocenters. The summed E-state index contributed by atoms with van der Waals surface area (Å²) in [6, 6.07) is 15.9. The van der Waals surface area contributed by atoms with E-state index in [1.807, 2.05) is 54.6 Å². The molecular weight excluding hydrogens is 524 g/mol. The lowest BCUT2D eigenvalue weighted by atomic mass is 9.69. The average molecular weight is 559 g/mol. The van der Waals surface area contributed by atoms with E-state index < -0.39 is 29.4 Å². The molecule has 0 unspecified atom stereocenters. The molecular formula is C31H34N4O6. The zero-order valence-electron chi connectivity index (χ0n) is 23.2. The Labute approximate surface area is 238 Å². The van der Waals surface area contributed by atoms with Crippen LogP contribution in [0.15, 0.2) is 70.9 Å². The Kier molecular flexibility index (Phi) is 7.03. The minimum atomic E-state index is -1.01. The van der Waals surface area contributed by atoms with Crippen LogP contribution in [0.4, 0.5) is 10.5 Å². The number of para-hydroxylation sites is 1. The van der Waals surface area contributed by atoms with Crippen LogP contribution in [0.25, 0.3) is 0 Å². The van der Waals surface area contributed by atoms with E-state index >= 15 is 0 Å². The number of nitrogens with one attached hydrogen (secondary N) is 1. The van der Waals surface area contributed by atoms with Gasteiger partial charge in [0.05, 0.1) is 43.9 Å². The van der Waals surface area contributed by atoms with E-state index in [1.54, 1.807) is 0 Å². The van der Waals surface area contributed by atoms with Gasteiger partial charge in [0.1, 0.15) is 5.84 Å². The maximum Gasteiger partial charge on any atom is 0.357 e. The molecule has 0 aromatic heterocycles. The van der Waals surface area contributed by atoms with Gasteiger partial charge in [0.25, 0.3) is 0 Å². The first kappa shape index (κ1) is 27.0. The van der Waals surface area contributed by atoms with Crippen LogP contribution < -0.4 is 10.2 Å². The summed E-state index contributed by atoms with van der Waals surface area (Å²) in [5, 5.41) is 13.7. The number of methoxy groups -OCH3 is 2. The number of benzene rings is 2. The number of likely N-dealkylation sites (tertiary alicyclic amines) is 1. The molecule has 2 N–H and O–H groups in total. The third-order valence-electron chi connectivity index (χ3n) is 8.86. The van der Waals surface area contributed by atoms with E-state index in [1.165, 1.54) is 19.1 Å². The van der Waals surface area contributed by atoms with Gasteiger partial charge in [-0.3, -0.25) is 4.90 Å². The highest BCUT2D eigenvalue weighted by atomic mass is 16.5. The van der Waals surface area contributed by atoms with Gasteiger partial charge in [-0.05, 0) is 36.5 Å². The molecule has 1 spiro atoms. The number of carbonyl (C=O) groups is 3. The van der Waals surface area contributed by atoms with Crippen LogP contribution >= 0.6 is 0 Å². The van der Waals surface area contributed by atoms with Gasteiger partial charge in [-0.25, -0.2) is 19.4 Å². The van der Waals surface area contributed by atoms with Gasteiger partial charge in [-0.1, -0.05) is 61.4 Å². The molecule has 41 heavy (non-hydrogen) atoms. The molecule has 1 aliphatic carbocycles. The van der Waals surface area contributed by atoms with E-state index in [0.29, 0.717) is 18.8 Å². The maximum absolute atomic E-state index is 13.9. The number of aliphatic imine (C=N–C) groups is 1. The monoisotopic (exact) mass is 558 g/mol.